The minimum Gasteiger partial charge on any atom is -0.469 e. The Morgan fingerprint density at radius 3 is 2.85 bits per heavy atom. The lowest BCUT2D eigenvalue weighted by Crippen LogP contribution is -2.32. The first kappa shape index (κ1) is 15.0. The van der Waals surface area contributed by atoms with Gasteiger partial charge in [-0.1, -0.05) is 24.3 Å². The lowest BCUT2D eigenvalue weighted by molar-refractivity contribution is -0.142. The molecule has 0 aromatic heterocycles. The summed E-state index contributed by atoms with van der Waals surface area (Å²) in [6.07, 6.45) is 2.09. The van der Waals surface area contributed by atoms with E-state index in [-0.39, 0.29) is 23.8 Å². The molecule has 110 valence electrons. The molecule has 1 aliphatic carbocycles. The molecule has 4 heteroatoms. The van der Waals surface area contributed by atoms with E-state index in [0.717, 1.165) is 12.8 Å². The van der Waals surface area contributed by atoms with Crippen molar-refractivity contribution in [2.24, 2.45) is 11.7 Å². The zero-order valence-corrected chi connectivity index (χ0v) is 12.2. The van der Waals surface area contributed by atoms with Crippen LogP contribution in [0.15, 0.2) is 24.3 Å². The largest absolute Gasteiger partial charge is 0.469 e. The van der Waals surface area contributed by atoms with Crippen LogP contribution in [0.25, 0.3) is 0 Å². The van der Waals surface area contributed by atoms with Crippen molar-refractivity contribution in [3.05, 3.63) is 35.4 Å². The van der Waals surface area contributed by atoms with Gasteiger partial charge in [0.1, 0.15) is 0 Å². The van der Waals surface area contributed by atoms with E-state index >= 15 is 0 Å². The van der Waals surface area contributed by atoms with Crippen LogP contribution in [0.2, 0.25) is 0 Å². The minimum absolute atomic E-state index is 0.0684. The molecule has 3 unspecified atom stereocenters. The zero-order valence-electron chi connectivity index (χ0n) is 12.2. The number of benzene rings is 1. The first-order valence-corrected chi connectivity index (χ1v) is 7.06. The molecule has 0 heterocycles. The quantitative estimate of drug-likeness (QED) is 0.806. The first-order chi connectivity index (χ1) is 9.67. The highest BCUT2D eigenvalue weighted by atomic mass is 16.5. The number of fused-ring (bicyclic) bond motifs is 1. The molecule has 0 amide bonds. The third-order valence-electron chi connectivity index (χ3n) is 4.19. The summed E-state index contributed by atoms with van der Waals surface area (Å²) in [5, 5.41) is 0. The predicted octanol–water partition coefficient (Wildman–Crippen LogP) is 1.87. The summed E-state index contributed by atoms with van der Waals surface area (Å²) in [6.45, 7) is 0.632. The molecular weight excluding hydrogens is 254 g/mol. The fraction of sp³-hybridized carbons (Fsp3) is 0.562. The number of ether oxygens (including phenoxy) is 2. The fourth-order valence-corrected chi connectivity index (χ4v) is 3.24. The molecule has 4 nitrogen and oxygen atoms in total. The van der Waals surface area contributed by atoms with Crippen molar-refractivity contribution in [3.63, 3.8) is 0 Å². The Morgan fingerprint density at radius 2 is 2.15 bits per heavy atom. The van der Waals surface area contributed by atoms with Crippen molar-refractivity contribution >= 4 is 5.97 Å². The van der Waals surface area contributed by atoms with Gasteiger partial charge in [-0.2, -0.15) is 0 Å². The molecular formula is C16H23NO3. The minimum atomic E-state index is -0.178. The van der Waals surface area contributed by atoms with Gasteiger partial charge in [0.2, 0.25) is 0 Å². The third kappa shape index (κ3) is 3.19. The van der Waals surface area contributed by atoms with E-state index in [9.17, 15) is 4.79 Å². The van der Waals surface area contributed by atoms with E-state index in [1.807, 2.05) is 12.1 Å². The van der Waals surface area contributed by atoms with Crippen molar-refractivity contribution in [3.8, 4) is 0 Å². The van der Waals surface area contributed by atoms with Crippen LogP contribution in [-0.4, -0.2) is 32.8 Å². The molecule has 0 radical (unpaired) electrons. The number of methoxy groups -OCH3 is 2. The second kappa shape index (κ2) is 6.86. The van der Waals surface area contributed by atoms with Crippen molar-refractivity contribution in [2.75, 3.05) is 20.8 Å². The van der Waals surface area contributed by atoms with Crippen LogP contribution in [0.5, 0.6) is 0 Å². The monoisotopic (exact) mass is 277 g/mol. The molecule has 0 saturated heterocycles. The summed E-state index contributed by atoms with van der Waals surface area (Å²) in [6, 6.07) is 8.40. The van der Waals surface area contributed by atoms with Crippen molar-refractivity contribution in [1.29, 1.82) is 0 Å². The van der Waals surface area contributed by atoms with Crippen LogP contribution in [0, 0.1) is 5.92 Å². The van der Waals surface area contributed by atoms with Crippen molar-refractivity contribution < 1.29 is 14.3 Å². The van der Waals surface area contributed by atoms with Crippen LogP contribution >= 0.6 is 0 Å². The molecule has 0 saturated carbocycles. The normalized spacial score (nSPS) is 22.4. The molecule has 1 aromatic rings. The summed E-state index contributed by atoms with van der Waals surface area (Å²) >= 11 is 0. The van der Waals surface area contributed by atoms with E-state index < -0.39 is 0 Å². The first-order valence-electron chi connectivity index (χ1n) is 7.06. The standard InChI is InChI=1S/C16H23NO3/c1-19-8-7-12(10-15(18)20-2)16-13-6-4-3-5-11(13)9-14(16)17/h3-6,12,14,16H,7-10,17H2,1-2H3. The number of hydrogen-bond donors (Lipinski definition) is 1. The van der Waals surface area contributed by atoms with Gasteiger partial charge in [0.05, 0.1) is 7.11 Å². The number of hydrogen-bond acceptors (Lipinski definition) is 4. The maximum absolute atomic E-state index is 11.7. The van der Waals surface area contributed by atoms with Crippen LogP contribution < -0.4 is 5.73 Å². The van der Waals surface area contributed by atoms with E-state index in [2.05, 4.69) is 12.1 Å². The Balaban J connectivity index is 2.21. The number of carbonyl (C=O) groups excluding carboxylic acids is 1. The molecule has 0 fully saturated rings. The van der Waals surface area contributed by atoms with Gasteiger partial charge < -0.3 is 15.2 Å². The second-order valence-electron chi connectivity index (χ2n) is 5.41. The van der Waals surface area contributed by atoms with Crippen molar-refractivity contribution in [1.82, 2.24) is 0 Å². The molecule has 0 bridgehead atoms. The van der Waals surface area contributed by atoms with Gasteiger partial charge >= 0.3 is 5.97 Å². The van der Waals surface area contributed by atoms with Gasteiger partial charge in [-0.25, -0.2) is 0 Å². The van der Waals surface area contributed by atoms with E-state index in [1.165, 1.54) is 18.2 Å². The maximum Gasteiger partial charge on any atom is 0.305 e. The topological polar surface area (TPSA) is 61.5 Å². The van der Waals surface area contributed by atoms with Gasteiger partial charge in [0.15, 0.2) is 0 Å². The Morgan fingerprint density at radius 1 is 1.40 bits per heavy atom. The van der Waals surface area contributed by atoms with Gasteiger partial charge in [-0.3, -0.25) is 4.79 Å². The molecule has 0 spiro atoms. The summed E-state index contributed by atoms with van der Waals surface area (Å²) in [7, 11) is 3.11. The van der Waals surface area contributed by atoms with Crippen LogP contribution in [0.4, 0.5) is 0 Å². The summed E-state index contributed by atoms with van der Waals surface area (Å²) in [4.78, 5) is 11.7. The highest BCUT2D eigenvalue weighted by molar-refractivity contribution is 5.69. The Bertz CT molecular complexity index is 461. The van der Waals surface area contributed by atoms with Gasteiger partial charge in [-0.05, 0) is 29.9 Å². The zero-order chi connectivity index (χ0) is 14.5. The molecule has 1 aromatic carbocycles. The summed E-state index contributed by atoms with van der Waals surface area (Å²) in [5.74, 6) is 0.198. The highest BCUT2D eigenvalue weighted by Crippen LogP contribution is 2.40. The van der Waals surface area contributed by atoms with E-state index in [1.54, 1.807) is 7.11 Å². The third-order valence-corrected chi connectivity index (χ3v) is 4.19. The smallest absolute Gasteiger partial charge is 0.305 e. The number of carbonyl (C=O) groups is 1. The lowest BCUT2D eigenvalue weighted by Gasteiger charge is -2.27. The van der Waals surface area contributed by atoms with E-state index in [4.69, 9.17) is 15.2 Å². The van der Waals surface area contributed by atoms with Crippen LogP contribution in [0.3, 0.4) is 0 Å². The SMILES string of the molecule is COCCC(CC(=O)OC)C1c2ccccc2CC1N. The van der Waals surface area contributed by atoms with Gasteiger partial charge in [-0.15, -0.1) is 0 Å². The molecule has 20 heavy (non-hydrogen) atoms. The second-order valence-corrected chi connectivity index (χ2v) is 5.41. The maximum atomic E-state index is 11.7. The van der Waals surface area contributed by atoms with Crippen molar-refractivity contribution in [2.45, 2.75) is 31.2 Å². The van der Waals surface area contributed by atoms with Gasteiger partial charge in [0.25, 0.3) is 0 Å². The Labute approximate surface area is 120 Å². The van der Waals surface area contributed by atoms with E-state index in [0.29, 0.717) is 13.0 Å². The van der Waals surface area contributed by atoms with Crippen LogP contribution in [0.1, 0.15) is 29.9 Å². The molecule has 0 aliphatic heterocycles. The Hall–Kier alpha value is -1.39. The number of rotatable bonds is 6. The highest BCUT2D eigenvalue weighted by Gasteiger charge is 2.36. The molecule has 2 N–H and O–H groups in total. The predicted molar refractivity (Wildman–Crippen MR) is 77.5 cm³/mol. The van der Waals surface area contributed by atoms with Gasteiger partial charge in [0, 0.05) is 32.1 Å². The molecule has 2 rings (SSSR count). The Kier molecular flexibility index (Phi) is 5.15. The number of nitrogens with two attached hydrogens (primary N) is 1. The summed E-state index contributed by atoms with van der Waals surface area (Å²) < 4.78 is 10.0. The summed E-state index contributed by atoms with van der Waals surface area (Å²) in [5.41, 5.74) is 8.91. The molecule has 1 aliphatic rings. The molecule has 3 atom stereocenters. The van der Waals surface area contributed by atoms with Crippen LogP contribution in [-0.2, 0) is 20.7 Å². The fourth-order valence-electron chi connectivity index (χ4n) is 3.24. The average Bonchev–Trinajstić information content (AvgIpc) is 2.79. The average molecular weight is 277 g/mol. The number of esters is 1. The lowest BCUT2D eigenvalue weighted by atomic mass is 9.81.